The summed E-state index contributed by atoms with van der Waals surface area (Å²) in [4.78, 5) is 34.5. The summed E-state index contributed by atoms with van der Waals surface area (Å²) in [6.07, 6.45) is -0.104. The van der Waals surface area contributed by atoms with Gasteiger partial charge in [-0.05, 0) is 12.5 Å². The average Bonchev–Trinajstić information content (AvgIpc) is 2.88. The lowest BCUT2D eigenvalue weighted by Crippen LogP contribution is -2.28. The molecule has 0 aliphatic rings. The normalized spacial score (nSPS) is 10.8. The van der Waals surface area contributed by atoms with Gasteiger partial charge in [-0.2, -0.15) is 4.98 Å². The molecule has 0 fully saturated rings. The Morgan fingerprint density at radius 1 is 1.29 bits per heavy atom. The van der Waals surface area contributed by atoms with Crippen LogP contribution in [-0.4, -0.2) is 59.7 Å². The second-order valence-electron chi connectivity index (χ2n) is 5.19. The van der Waals surface area contributed by atoms with Gasteiger partial charge in [-0.3, -0.25) is 9.59 Å². The molecule has 1 N–H and O–H groups in total. The zero-order valence-electron chi connectivity index (χ0n) is 14.0. The number of aromatic nitrogens is 2. The van der Waals surface area contributed by atoms with Gasteiger partial charge in [-0.1, -0.05) is 0 Å². The van der Waals surface area contributed by atoms with Crippen molar-refractivity contribution in [3.8, 4) is 5.88 Å². The molecule has 2 rings (SSSR count). The van der Waals surface area contributed by atoms with Crippen LogP contribution in [0.15, 0.2) is 0 Å². The first kappa shape index (κ1) is 18.1. The number of hydrogen-bond donors (Lipinski definition) is 1. The maximum atomic E-state index is 12.6. The van der Waals surface area contributed by atoms with E-state index in [1.54, 1.807) is 21.1 Å². The SMILES string of the molecule is COCc1nc(OC)c2c(C)c(C(=O)N(C)CCC(=O)O)sc2n1. The van der Waals surface area contributed by atoms with E-state index in [0.29, 0.717) is 26.8 Å². The number of carboxylic acid groups (broad SMARTS) is 1. The number of fused-ring (bicyclic) bond motifs is 1. The number of hydrogen-bond acceptors (Lipinski definition) is 7. The summed E-state index contributed by atoms with van der Waals surface area (Å²) in [6, 6.07) is 0. The summed E-state index contributed by atoms with van der Waals surface area (Å²) < 4.78 is 10.4. The van der Waals surface area contributed by atoms with Crippen LogP contribution in [0.4, 0.5) is 0 Å². The largest absolute Gasteiger partial charge is 0.481 e. The number of aliphatic carboxylic acids is 1. The van der Waals surface area contributed by atoms with E-state index >= 15 is 0 Å². The third-order valence-corrected chi connectivity index (χ3v) is 4.65. The van der Waals surface area contributed by atoms with E-state index in [9.17, 15) is 9.59 Å². The number of ether oxygens (including phenoxy) is 2. The Labute approximate surface area is 143 Å². The number of aryl methyl sites for hydroxylation is 1. The molecule has 0 saturated heterocycles. The molecule has 2 aromatic heterocycles. The second-order valence-corrected chi connectivity index (χ2v) is 6.19. The fourth-order valence-corrected chi connectivity index (χ4v) is 3.41. The van der Waals surface area contributed by atoms with Crippen LogP contribution >= 0.6 is 11.3 Å². The van der Waals surface area contributed by atoms with E-state index in [2.05, 4.69) is 9.97 Å². The molecule has 0 radical (unpaired) electrons. The van der Waals surface area contributed by atoms with Gasteiger partial charge in [0.25, 0.3) is 5.91 Å². The van der Waals surface area contributed by atoms with Crippen molar-refractivity contribution in [2.45, 2.75) is 20.0 Å². The highest BCUT2D eigenvalue weighted by Gasteiger charge is 2.23. The van der Waals surface area contributed by atoms with Gasteiger partial charge in [0.1, 0.15) is 11.4 Å². The van der Waals surface area contributed by atoms with E-state index < -0.39 is 5.97 Å². The monoisotopic (exact) mass is 353 g/mol. The highest BCUT2D eigenvalue weighted by Crippen LogP contribution is 2.35. The molecule has 130 valence electrons. The zero-order valence-corrected chi connectivity index (χ0v) is 14.8. The highest BCUT2D eigenvalue weighted by molar-refractivity contribution is 7.20. The minimum atomic E-state index is -0.945. The number of rotatable bonds is 7. The van der Waals surface area contributed by atoms with Gasteiger partial charge in [0.05, 0.1) is 23.8 Å². The summed E-state index contributed by atoms with van der Waals surface area (Å²) in [5.74, 6) is -0.319. The molecule has 0 aliphatic carbocycles. The predicted molar refractivity (Wildman–Crippen MR) is 88.6 cm³/mol. The van der Waals surface area contributed by atoms with Gasteiger partial charge in [-0.15, -0.1) is 11.3 Å². The van der Waals surface area contributed by atoms with E-state index in [0.717, 1.165) is 5.56 Å². The highest BCUT2D eigenvalue weighted by atomic mass is 32.1. The lowest BCUT2D eigenvalue weighted by molar-refractivity contribution is -0.137. The lowest BCUT2D eigenvalue weighted by atomic mass is 10.2. The molecule has 0 aromatic carbocycles. The van der Waals surface area contributed by atoms with Crippen LogP contribution in [0.5, 0.6) is 5.88 Å². The number of amides is 1. The Bertz CT molecular complexity index is 774. The molecule has 9 heteroatoms. The number of thiophene rings is 1. The van der Waals surface area contributed by atoms with Crippen LogP contribution in [0.25, 0.3) is 10.2 Å². The molecular weight excluding hydrogens is 334 g/mol. The third-order valence-electron chi connectivity index (χ3n) is 3.47. The average molecular weight is 353 g/mol. The molecule has 24 heavy (non-hydrogen) atoms. The number of nitrogens with zero attached hydrogens (tertiary/aromatic N) is 3. The molecule has 0 spiro atoms. The maximum absolute atomic E-state index is 12.6. The molecule has 0 atom stereocenters. The van der Waals surface area contributed by atoms with Crippen molar-refractivity contribution in [1.29, 1.82) is 0 Å². The predicted octanol–water partition coefficient (Wildman–Crippen LogP) is 1.70. The molecule has 1 amide bonds. The van der Waals surface area contributed by atoms with Crippen LogP contribution in [0, 0.1) is 6.92 Å². The first-order valence-corrected chi connectivity index (χ1v) is 8.00. The first-order valence-electron chi connectivity index (χ1n) is 7.19. The second kappa shape index (κ2) is 7.54. The van der Waals surface area contributed by atoms with Crippen LogP contribution < -0.4 is 4.74 Å². The van der Waals surface area contributed by atoms with Crippen molar-refractivity contribution in [1.82, 2.24) is 14.9 Å². The Morgan fingerprint density at radius 2 is 2.00 bits per heavy atom. The summed E-state index contributed by atoms with van der Waals surface area (Å²) >= 11 is 1.24. The van der Waals surface area contributed by atoms with Crippen molar-refractivity contribution in [2.75, 3.05) is 27.8 Å². The van der Waals surface area contributed by atoms with Gasteiger partial charge in [0, 0.05) is 20.7 Å². The minimum absolute atomic E-state index is 0.104. The van der Waals surface area contributed by atoms with E-state index in [4.69, 9.17) is 14.6 Å². The van der Waals surface area contributed by atoms with Crippen molar-refractivity contribution in [3.05, 3.63) is 16.3 Å². The van der Waals surface area contributed by atoms with E-state index in [1.165, 1.54) is 23.3 Å². The Hall–Kier alpha value is -2.26. The Kier molecular flexibility index (Phi) is 5.68. The number of carbonyl (C=O) groups excluding carboxylic acids is 1. The summed E-state index contributed by atoms with van der Waals surface area (Å²) in [7, 11) is 4.64. The maximum Gasteiger partial charge on any atom is 0.305 e. The summed E-state index contributed by atoms with van der Waals surface area (Å²) in [5.41, 5.74) is 0.725. The van der Waals surface area contributed by atoms with Crippen LogP contribution in [0.1, 0.15) is 27.5 Å². The lowest BCUT2D eigenvalue weighted by Gasteiger charge is -2.15. The number of carbonyl (C=O) groups is 2. The van der Waals surface area contributed by atoms with Gasteiger partial charge in [-0.25, -0.2) is 4.98 Å². The van der Waals surface area contributed by atoms with Crippen molar-refractivity contribution in [3.63, 3.8) is 0 Å². The summed E-state index contributed by atoms with van der Waals surface area (Å²) in [5, 5.41) is 9.44. The van der Waals surface area contributed by atoms with Crippen molar-refractivity contribution >= 4 is 33.4 Å². The Morgan fingerprint density at radius 3 is 2.58 bits per heavy atom. The first-order chi connectivity index (χ1) is 11.4. The molecular formula is C15H19N3O5S. The van der Waals surface area contributed by atoms with Crippen molar-refractivity contribution < 1.29 is 24.2 Å². The standard InChI is InChI=1S/C15H19N3O5S/c1-8-11-13(23-4)16-9(7-22-3)17-14(11)24-12(8)15(21)18(2)6-5-10(19)20/h5-7H2,1-4H3,(H,19,20). The summed E-state index contributed by atoms with van der Waals surface area (Å²) in [6.45, 7) is 2.18. The van der Waals surface area contributed by atoms with Crippen LogP contribution in [0.2, 0.25) is 0 Å². The molecule has 8 nitrogen and oxygen atoms in total. The van der Waals surface area contributed by atoms with Crippen molar-refractivity contribution in [2.24, 2.45) is 0 Å². The number of methoxy groups -OCH3 is 2. The molecule has 0 unspecified atom stereocenters. The fraction of sp³-hybridized carbons (Fsp3) is 0.467. The van der Waals surface area contributed by atoms with Gasteiger partial charge < -0.3 is 19.5 Å². The van der Waals surface area contributed by atoms with Gasteiger partial charge >= 0.3 is 5.97 Å². The van der Waals surface area contributed by atoms with E-state index in [-0.39, 0.29) is 25.5 Å². The Balaban J connectivity index is 2.43. The number of carboxylic acids is 1. The quantitative estimate of drug-likeness (QED) is 0.808. The van der Waals surface area contributed by atoms with Crippen LogP contribution in [0.3, 0.4) is 0 Å². The van der Waals surface area contributed by atoms with Gasteiger partial charge in [0.15, 0.2) is 5.82 Å². The topological polar surface area (TPSA) is 102 Å². The minimum Gasteiger partial charge on any atom is -0.481 e. The smallest absolute Gasteiger partial charge is 0.305 e. The zero-order chi connectivity index (χ0) is 17.9. The van der Waals surface area contributed by atoms with Gasteiger partial charge in [0.2, 0.25) is 5.88 Å². The third kappa shape index (κ3) is 3.62. The van der Waals surface area contributed by atoms with Crippen LogP contribution in [-0.2, 0) is 16.1 Å². The fourth-order valence-electron chi connectivity index (χ4n) is 2.23. The molecule has 0 bridgehead atoms. The molecule has 2 aromatic rings. The molecule has 0 saturated carbocycles. The molecule has 0 aliphatic heterocycles. The van der Waals surface area contributed by atoms with E-state index in [1.807, 2.05) is 0 Å². The molecule has 2 heterocycles.